The highest BCUT2D eigenvalue weighted by Crippen LogP contribution is 2.29. The van der Waals surface area contributed by atoms with Gasteiger partial charge in [-0.3, -0.25) is 4.90 Å². The van der Waals surface area contributed by atoms with Crippen LogP contribution in [0.5, 0.6) is 0 Å². The first-order chi connectivity index (χ1) is 11.3. The first-order valence-corrected chi connectivity index (χ1v) is 9.67. The number of morpholine rings is 1. The molecule has 0 aliphatic carbocycles. The molecular formula is C18H26BrN3O. The molecule has 3 fully saturated rings. The Labute approximate surface area is 147 Å². The molecule has 3 aliphatic heterocycles. The van der Waals surface area contributed by atoms with Crippen molar-refractivity contribution in [3.05, 3.63) is 28.2 Å². The maximum Gasteiger partial charge on any atom is 0.0642 e. The largest absolute Gasteiger partial charge is 0.378 e. The van der Waals surface area contributed by atoms with Crippen LogP contribution in [0.3, 0.4) is 0 Å². The van der Waals surface area contributed by atoms with Gasteiger partial charge in [0, 0.05) is 55.0 Å². The van der Waals surface area contributed by atoms with E-state index >= 15 is 0 Å². The molecule has 3 aliphatic rings. The fourth-order valence-corrected chi connectivity index (χ4v) is 4.52. The van der Waals surface area contributed by atoms with Crippen LogP contribution in [0.25, 0.3) is 0 Å². The van der Waals surface area contributed by atoms with Crippen molar-refractivity contribution in [3.8, 4) is 0 Å². The summed E-state index contributed by atoms with van der Waals surface area (Å²) < 4.78 is 6.69. The Morgan fingerprint density at radius 2 is 1.91 bits per heavy atom. The second-order valence-corrected chi connectivity index (χ2v) is 7.95. The average Bonchev–Trinajstić information content (AvgIpc) is 2.92. The lowest BCUT2D eigenvalue weighted by Crippen LogP contribution is -2.38. The lowest BCUT2D eigenvalue weighted by atomic mass is 10.1. The third kappa shape index (κ3) is 3.73. The van der Waals surface area contributed by atoms with Gasteiger partial charge in [0.1, 0.15) is 0 Å². The molecule has 126 valence electrons. The lowest BCUT2D eigenvalue weighted by Gasteiger charge is -2.32. The van der Waals surface area contributed by atoms with E-state index < -0.39 is 0 Å². The van der Waals surface area contributed by atoms with Gasteiger partial charge in [-0.05, 0) is 37.0 Å². The van der Waals surface area contributed by atoms with E-state index in [1.54, 1.807) is 0 Å². The van der Waals surface area contributed by atoms with Crippen LogP contribution in [0.1, 0.15) is 24.8 Å². The Bertz CT molecular complexity index is 547. The molecule has 23 heavy (non-hydrogen) atoms. The van der Waals surface area contributed by atoms with Gasteiger partial charge in [0.2, 0.25) is 0 Å². The zero-order valence-electron chi connectivity index (χ0n) is 13.6. The molecule has 1 N–H and O–H groups in total. The van der Waals surface area contributed by atoms with Crippen molar-refractivity contribution < 1.29 is 4.74 Å². The highest BCUT2D eigenvalue weighted by molar-refractivity contribution is 9.10. The number of halogens is 1. The number of ether oxygens (including phenoxy) is 1. The second-order valence-electron chi connectivity index (χ2n) is 7.03. The van der Waals surface area contributed by atoms with Gasteiger partial charge in [0.05, 0.1) is 13.2 Å². The fourth-order valence-electron chi connectivity index (χ4n) is 4.17. The Morgan fingerprint density at radius 1 is 1.09 bits per heavy atom. The summed E-state index contributed by atoms with van der Waals surface area (Å²) in [6.07, 6.45) is 4.01. The van der Waals surface area contributed by atoms with E-state index in [4.69, 9.17) is 4.74 Å². The summed E-state index contributed by atoms with van der Waals surface area (Å²) in [4.78, 5) is 5.12. The van der Waals surface area contributed by atoms with Crippen LogP contribution in [0, 0.1) is 0 Å². The topological polar surface area (TPSA) is 27.7 Å². The molecule has 2 unspecified atom stereocenters. The minimum absolute atomic E-state index is 0.699. The van der Waals surface area contributed by atoms with E-state index in [1.165, 1.54) is 48.1 Å². The van der Waals surface area contributed by atoms with Crippen LogP contribution in [0.4, 0.5) is 5.69 Å². The predicted octanol–water partition coefficient (Wildman–Crippen LogP) is 2.61. The summed E-state index contributed by atoms with van der Waals surface area (Å²) in [5, 5.41) is 3.78. The molecule has 5 heteroatoms. The normalized spacial score (nSPS) is 28.8. The van der Waals surface area contributed by atoms with Gasteiger partial charge < -0.3 is 15.0 Å². The van der Waals surface area contributed by atoms with Crippen molar-refractivity contribution in [2.24, 2.45) is 0 Å². The summed E-state index contributed by atoms with van der Waals surface area (Å²) in [7, 11) is 0. The van der Waals surface area contributed by atoms with Gasteiger partial charge in [-0.1, -0.05) is 22.0 Å². The van der Waals surface area contributed by atoms with Crippen LogP contribution in [-0.4, -0.2) is 56.4 Å². The summed E-state index contributed by atoms with van der Waals surface area (Å²) >= 11 is 3.65. The minimum Gasteiger partial charge on any atom is -0.378 e. The highest BCUT2D eigenvalue weighted by atomic mass is 79.9. The molecule has 2 bridgehead atoms. The van der Waals surface area contributed by atoms with Gasteiger partial charge in [-0.25, -0.2) is 0 Å². The first-order valence-electron chi connectivity index (χ1n) is 8.87. The number of anilines is 1. The first kappa shape index (κ1) is 15.9. The van der Waals surface area contributed by atoms with Crippen molar-refractivity contribution in [2.45, 2.75) is 37.9 Å². The number of likely N-dealkylation sites (tertiary alicyclic amines) is 1. The van der Waals surface area contributed by atoms with Crippen LogP contribution in [0.2, 0.25) is 0 Å². The zero-order chi connectivity index (χ0) is 15.6. The standard InChI is InChI=1S/C18H26BrN3O/c19-15-2-1-14(18(11-15)22-7-9-23-10-8-22)12-21-6-5-16-3-4-17(13-21)20-16/h1-2,11,16-17,20H,3-10,12-13H2. The Morgan fingerprint density at radius 3 is 2.78 bits per heavy atom. The Hall–Kier alpha value is -0.620. The number of hydrogen-bond acceptors (Lipinski definition) is 4. The van der Waals surface area contributed by atoms with Crippen LogP contribution >= 0.6 is 15.9 Å². The molecule has 1 aromatic carbocycles. The summed E-state index contributed by atoms with van der Waals surface area (Å²) in [6.45, 7) is 7.13. The summed E-state index contributed by atoms with van der Waals surface area (Å²) in [5.74, 6) is 0. The smallest absolute Gasteiger partial charge is 0.0642 e. The monoisotopic (exact) mass is 379 g/mol. The second kappa shape index (κ2) is 7.09. The van der Waals surface area contributed by atoms with Crippen LogP contribution in [0.15, 0.2) is 22.7 Å². The third-order valence-electron chi connectivity index (χ3n) is 5.40. The zero-order valence-corrected chi connectivity index (χ0v) is 15.2. The average molecular weight is 380 g/mol. The van der Waals surface area contributed by atoms with Crippen molar-refractivity contribution in [2.75, 3.05) is 44.3 Å². The van der Waals surface area contributed by atoms with Crippen molar-refractivity contribution in [1.82, 2.24) is 10.2 Å². The molecule has 2 atom stereocenters. The maximum atomic E-state index is 5.52. The van der Waals surface area contributed by atoms with Gasteiger partial charge in [-0.2, -0.15) is 0 Å². The van der Waals surface area contributed by atoms with E-state index in [1.807, 2.05) is 0 Å². The van der Waals surface area contributed by atoms with Crippen molar-refractivity contribution in [1.29, 1.82) is 0 Å². The van der Waals surface area contributed by atoms with Gasteiger partial charge in [0.15, 0.2) is 0 Å². The van der Waals surface area contributed by atoms with E-state index in [0.29, 0.717) is 6.04 Å². The van der Waals surface area contributed by atoms with Crippen molar-refractivity contribution >= 4 is 21.6 Å². The van der Waals surface area contributed by atoms with Gasteiger partial charge in [-0.15, -0.1) is 0 Å². The summed E-state index contributed by atoms with van der Waals surface area (Å²) in [6, 6.07) is 8.22. The number of rotatable bonds is 3. The molecule has 4 rings (SSSR count). The molecule has 1 aromatic rings. The van der Waals surface area contributed by atoms with E-state index in [2.05, 4.69) is 49.2 Å². The predicted molar refractivity (Wildman–Crippen MR) is 97.0 cm³/mol. The van der Waals surface area contributed by atoms with E-state index in [-0.39, 0.29) is 0 Å². The SMILES string of the molecule is Brc1ccc(CN2CCC3CCC(C2)N3)c(N2CCOCC2)c1. The quantitative estimate of drug-likeness (QED) is 0.873. The fraction of sp³-hybridized carbons (Fsp3) is 0.667. The van der Waals surface area contributed by atoms with E-state index in [9.17, 15) is 0 Å². The van der Waals surface area contributed by atoms with E-state index in [0.717, 1.165) is 38.9 Å². The number of benzene rings is 1. The lowest BCUT2D eigenvalue weighted by molar-refractivity contribution is 0.122. The summed E-state index contributed by atoms with van der Waals surface area (Å²) in [5.41, 5.74) is 2.83. The Balaban J connectivity index is 1.51. The third-order valence-corrected chi connectivity index (χ3v) is 5.89. The number of fused-ring (bicyclic) bond motifs is 2. The molecule has 0 spiro atoms. The minimum atomic E-state index is 0.699. The number of nitrogens with one attached hydrogen (secondary N) is 1. The highest BCUT2D eigenvalue weighted by Gasteiger charge is 2.29. The molecule has 3 saturated heterocycles. The number of nitrogens with zero attached hydrogens (tertiary/aromatic N) is 2. The molecule has 0 amide bonds. The molecular weight excluding hydrogens is 354 g/mol. The molecule has 4 nitrogen and oxygen atoms in total. The van der Waals surface area contributed by atoms with Gasteiger partial charge >= 0.3 is 0 Å². The van der Waals surface area contributed by atoms with Crippen LogP contribution in [-0.2, 0) is 11.3 Å². The Kier molecular flexibility index (Phi) is 4.90. The number of hydrogen-bond donors (Lipinski definition) is 1. The molecule has 0 saturated carbocycles. The molecule has 0 aromatic heterocycles. The molecule has 0 radical (unpaired) electrons. The maximum absolute atomic E-state index is 5.52. The molecule has 3 heterocycles. The van der Waals surface area contributed by atoms with Crippen LogP contribution < -0.4 is 10.2 Å². The van der Waals surface area contributed by atoms with Crippen molar-refractivity contribution in [3.63, 3.8) is 0 Å². The van der Waals surface area contributed by atoms with Gasteiger partial charge in [0.25, 0.3) is 0 Å².